The standard InChI is InChI=1S/C21H22F3N3O5/c1-12-4-5-16(15(22)9-12)25-20-14(21(30)26-31-8-6-28)10-13(18(23)19(20)24)11-27-17(29)3-2-7-32-27/h4-5,9-10,25,28H,2-3,6-8,11H2,1H3,(H,26,30). The van der Waals surface area contributed by atoms with Gasteiger partial charge < -0.3 is 10.4 Å². The van der Waals surface area contributed by atoms with Crippen molar-refractivity contribution < 1.29 is 37.5 Å². The minimum atomic E-state index is -1.45. The van der Waals surface area contributed by atoms with Gasteiger partial charge in [0.15, 0.2) is 11.6 Å². The number of hydrogen-bond acceptors (Lipinski definition) is 6. The Kier molecular flexibility index (Phi) is 7.67. The highest BCUT2D eigenvalue weighted by Crippen LogP contribution is 2.31. The Morgan fingerprint density at radius 2 is 2.03 bits per heavy atom. The van der Waals surface area contributed by atoms with Gasteiger partial charge in [-0.3, -0.25) is 19.3 Å². The molecular formula is C21H22F3N3O5. The van der Waals surface area contributed by atoms with Crippen LogP contribution in [0.3, 0.4) is 0 Å². The van der Waals surface area contributed by atoms with Gasteiger partial charge in [0.25, 0.3) is 5.91 Å². The first kappa shape index (κ1) is 23.5. The molecule has 0 spiro atoms. The van der Waals surface area contributed by atoms with E-state index in [-0.39, 0.29) is 30.9 Å². The van der Waals surface area contributed by atoms with Crippen molar-refractivity contribution in [2.75, 3.05) is 25.1 Å². The molecule has 172 valence electrons. The number of halogens is 3. The average Bonchev–Trinajstić information content (AvgIpc) is 2.76. The summed E-state index contributed by atoms with van der Waals surface area (Å²) in [5.74, 6) is -4.88. The summed E-state index contributed by atoms with van der Waals surface area (Å²) in [7, 11) is 0. The van der Waals surface area contributed by atoms with Crippen LogP contribution in [0.5, 0.6) is 0 Å². The highest BCUT2D eigenvalue weighted by molar-refractivity contribution is 6.00. The zero-order valence-corrected chi connectivity index (χ0v) is 17.2. The third-order valence-corrected chi connectivity index (χ3v) is 4.64. The Balaban J connectivity index is 2.00. The van der Waals surface area contributed by atoms with Gasteiger partial charge in [0, 0.05) is 12.0 Å². The maximum absolute atomic E-state index is 15.1. The molecule has 1 saturated heterocycles. The van der Waals surface area contributed by atoms with E-state index in [1.54, 1.807) is 13.0 Å². The van der Waals surface area contributed by atoms with Crippen molar-refractivity contribution in [2.24, 2.45) is 0 Å². The largest absolute Gasteiger partial charge is 0.394 e. The lowest BCUT2D eigenvalue weighted by Crippen LogP contribution is -2.35. The van der Waals surface area contributed by atoms with Crippen molar-refractivity contribution in [3.8, 4) is 0 Å². The number of aryl methyl sites for hydroxylation is 1. The lowest BCUT2D eigenvalue weighted by Gasteiger charge is -2.26. The predicted molar refractivity (Wildman–Crippen MR) is 107 cm³/mol. The first-order valence-electron chi connectivity index (χ1n) is 9.82. The summed E-state index contributed by atoms with van der Waals surface area (Å²) >= 11 is 0. The molecule has 2 amide bonds. The fourth-order valence-electron chi connectivity index (χ4n) is 3.05. The summed E-state index contributed by atoms with van der Waals surface area (Å²) in [6.07, 6.45) is 0.700. The number of aliphatic hydroxyl groups excluding tert-OH is 1. The highest BCUT2D eigenvalue weighted by Gasteiger charge is 2.27. The number of hydrogen-bond donors (Lipinski definition) is 3. The maximum atomic E-state index is 15.1. The fourth-order valence-corrected chi connectivity index (χ4v) is 3.05. The van der Waals surface area contributed by atoms with E-state index in [9.17, 15) is 18.4 Å². The Morgan fingerprint density at radius 1 is 1.25 bits per heavy atom. The molecule has 32 heavy (non-hydrogen) atoms. The molecule has 1 fully saturated rings. The average molecular weight is 453 g/mol. The molecule has 0 radical (unpaired) electrons. The summed E-state index contributed by atoms with van der Waals surface area (Å²) in [5, 5.41) is 12.1. The van der Waals surface area contributed by atoms with Gasteiger partial charge in [-0.15, -0.1) is 0 Å². The molecule has 1 heterocycles. The Bertz CT molecular complexity index is 1020. The zero-order chi connectivity index (χ0) is 23.3. The van der Waals surface area contributed by atoms with Gasteiger partial charge >= 0.3 is 0 Å². The van der Waals surface area contributed by atoms with E-state index in [0.717, 1.165) is 11.1 Å². The number of rotatable bonds is 8. The van der Waals surface area contributed by atoms with E-state index in [4.69, 9.17) is 14.8 Å². The smallest absolute Gasteiger partial charge is 0.277 e. The number of carbonyl (C=O) groups excluding carboxylic acids is 2. The van der Waals surface area contributed by atoms with Crippen LogP contribution in [0.15, 0.2) is 24.3 Å². The summed E-state index contributed by atoms with van der Waals surface area (Å²) < 4.78 is 44.2. The van der Waals surface area contributed by atoms with Crippen molar-refractivity contribution in [1.29, 1.82) is 0 Å². The minimum Gasteiger partial charge on any atom is -0.394 e. The van der Waals surface area contributed by atoms with Gasteiger partial charge in [0.1, 0.15) is 5.82 Å². The van der Waals surface area contributed by atoms with E-state index in [0.29, 0.717) is 12.0 Å². The fraction of sp³-hybridized carbons (Fsp3) is 0.333. The summed E-state index contributed by atoms with van der Waals surface area (Å²) in [5.41, 5.74) is 1.09. The lowest BCUT2D eigenvalue weighted by atomic mass is 10.0. The van der Waals surface area contributed by atoms with E-state index in [2.05, 4.69) is 5.32 Å². The number of hydroxylamine groups is 3. The topological polar surface area (TPSA) is 100 Å². The van der Waals surface area contributed by atoms with Gasteiger partial charge in [0.2, 0.25) is 5.91 Å². The molecule has 1 aliphatic rings. The van der Waals surface area contributed by atoms with Crippen molar-refractivity contribution >= 4 is 23.2 Å². The van der Waals surface area contributed by atoms with Crippen molar-refractivity contribution in [2.45, 2.75) is 26.3 Å². The molecule has 3 rings (SSSR count). The molecule has 2 aromatic rings. The van der Waals surface area contributed by atoms with Gasteiger partial charge in [0.05, 0.1) is 43.3 Å². The number of amides is 2. The third kappa shape index (κ3) is 5.36. The minimum absolute atomic E-state index is 0.179. The number of anilines is 2. The maximum Gasteiger partial charge on any atom is 0.277 e. The second kappa shape index (κ2) is 10.4. The van der Waals surface area contributed by atoms with Crippen LogP contribution in [0.4, 0.5) is 24.5 Å². The number of nitrogens with zero attached hydrogens (tertiary/aromatic N) is 1. The molecular weight excluding hydrogens is 431 g/mol. The van der Waals surface area contributed by atoms with E-state index in [1.165, 1.54) is 12.1 Å². The van der Waals surface area contributed by atoms with Gasteiger partial charge in [-0.05, 0) is 37.1 Å². The van der Waals surface area contributed by atoms with Crippen molar-refractivity contribution in [3.05, 3.63) is 58.4 Å². The number of carbonyl (C=O) groups is 2. The monoisotopic (exact) mass is 453 g/mol. The molecule has 0 bridgehead atoms. The molecule has 0 unspecified atom stereocenters. The molecule has 0 aromatic heterocycles. The second-order valence-corrected chi connectivity index (χ2v) is 7.06. The highest BCUT2D eigenvalue weighted by atomic mass is 19.2. The van der Waals surface area contributed by atoms with E-state index < -0.39 is 53.7 Å². The molecule has 0 saturated carbocycles. The SMILES string of the molecule is Cc1ccc(Nc2c(C(=O)NOCCO)cc(CN3OCCCC3=O)c(F)c2F)c(F)c1. The van der Waals surface area contributed by atoms with Crippen molar-refractivity contribution in [1.82, 2.24) is 10.5 Å². The van der Waals surface area contributed by atoms with Crippen LogP contribution in [0.1, 0.15) is 34.3 Å². The zero-order valence-electron chi connectivity index (χ0n) is 17.2. The molecule has 1 aliphatic heterocycles. The Morgan fingerprint density at radius 3 is 2.72 bits per heavy atom. The quantitative estimate of drug-likeness (QED) is 0.420. The Labute approximate surface area is 181 Å². The van der Waals surface area contributed by atoms with Crippen LogP contribution in [-0.4, -0.2) is 41.8 Å². The van der Waals surface area contributed by atoms with Crippen LogP contribution in [0, 0.1) is 24.4 Å². The summed E-state index contributed by atoms with van der Waals surface area (Å²) in [6.45, 7) is 0.831. The third-order valence-electron chi connectivity index (χ3n) is 4.64. The molecule has 11 heteroatoms. The van der Waals surface area contributed by atoms with E-state index >= 15 is 4.39 Å². The van der Waals surface area contributed by atoms with E-state index in [1.807, 2.05) is 5.48 Å². The lowest BCUT2D eigenvalue weighted by molar-refractivity contribution is -0.202. The van der Waals surface area contributed by atoms with Crippen LogP contribution in [-0.2, 0) is 21.0 Å². The molecule has 0 aliphatic carbocycles. The van der Waals surface area contributed by atoms with Crippen LogP contribution >= 0.6 is 0 Å². The summed E-state index contributed by atoms with van der Waals surface area (Å²) in [4.78, 5) is 34.5. The predicted octanol–water partition coefficient (Wildman–Crippen LogP) is 2.86. The van der Waals surface area contributed by atoms with Crippen LogP contribution in [0.2, 0.25) is 0 Å². The van der Waals surface area contributed by atoms with Gasteiger partial charge in [-0.1, -0.05) is 6.07 Å². The number of nitrogens with one attached hydrogen (secondary N) is 2. The first-order valence-corrected chi connectivity index (χ1v) is 9.82. The molecule has 8 nitrogen and oxygen atoms in total. The second-order valence-electron chi connectivity index (χ2n) is 7.06. The molecule has 0 atom stereocenters. The number of aliphatic hydroxyl groups is 1. The first-order chi connectivity index (χ1) is 15.3. The van der Waals surface area contributed by atoms with Crippen molar-refractivity contribution in [3.63, 3.8) is 0 Å². The van der Waals surface area contributed by atoms with Crippen LogP contribution in [0.25, 0.3) is 0 Å². The van der Waals surface area contributed by atoms with Crippen LogP contribution < -0.4 is 10.8 Å². The summed E-state index contributed by atoms with van der Waals surface area (Å²) in [6, 6.07) is 5.08. The normalized spacial score (nSPS) is 13.9. The Hall–Kier alpha value is -3.15. The van der Waals surface area contributed by atoms with Gasteiger partial charge in [-0.25, -0.2) is 23.7 Å². The molecule has 3 N–H and O–H groups in total. The number of benzene rings is 2. The molecule has 2 aromatic carbocycles. The van der Waals surface area contributed by atoms with Gasteiger partial charge in [-0.2, -0.15) is 0 Å².